The van der Waals surface area contributed by atoms with Gasteiger partial charge in [0.05, 0.1) is 0 Å². The van der Waals surface area contributed by atoms with E-state index in [0.29, 0.717) is 6.04 Å². The van der Waals surface area contributed by atoms with E-state index in [2.05, 4.69) is 24.1 Å². The van der Waals surface area contributed by atoms with Crippen molar-refractivity contribution in [2.75, 3.05) is 19.8 Å². The Bertz CT molecular complexity index is 274. The summed E-state index contributed by atoms with van der Waals surface area (Å²) in [5, 5.41) is 3.89. The van der Waals surface area contributed by atoms with Gasteiger partial charge in [0.1, 0.15) is 0 Å². The molecule has 0 bridgehead atoms. The topological polar surface area (TPSA) is 24.5 Å². The Labute approximate surface area is 111 Å². The summed E-state index contributed by atoms with van der Waals surface area (Å²) >= 11 is 0. The highest BCUT2D eigenvalue weighted by molar-refractivity contribution is 4.96. The SMILES string of the molecule is CC(NC1CC(C)N(C2CC2)C1)C1CCOCC1. The van der Waals surface area contributed by atoms with Crippen LogP contribution in [0.25, 0.3) is 0 Å². The van der Waals surface area contributed by atoms with Crippen molar-refractivity contribution >= 4 is 0 Å². The largest absolute Gasteiger partial charge is 0.381 e. The van der Waals surface area contributed by atoms with Crippen LogP contribution in [0.5, 0.6) is 0 Å². The molecule has 0 aromatic carbocycles. The molecule has 0 radical (unpaired) electrons. The maximum atomic E-state index is 5.46. The molecule has 1 saturated carbocycles. The number of likely N-dealkylation sites (tertiary alicyclic amines) is 1. The van der Waals surface area contributed by atoms with Crippen molar-refractivity contribution in [3.8, 4) is 0 Å². The van der Waals surface area contributed by atoms with Gasteiger partial charge in [-0.25, -0.2) is 0 Å². The summed E-state index contributed by atoms with van der Waals surface area (Å²) < 4.78 is 5.46. The Kier molecular flexibility index (Phi) is 3.92. The van der Waals surface area contributed by atoms with E-state index in [4.69, 9.17) is 4.74 Å². The third-order valence-corrected chi connectivity index (χ3v) is 5.11. The Balaban J connectivity index is 1.47. The molecular formula is C15H28N2O. The summed E-state index contributed by atoms with van der Waals surface area (Å²) in [5.41, 5.74) is 0. The zero-order valence-corrected chi connectivity index (χ0v) is 11.9. The quantitative estimate of drug-likeness (QED) is 0.828. The van der Waals surface area contributed by atoms with Gasteiger partial charge in [-0.15, -0.1) is 0 Å². The van der Waals surface area contributed by atoms with Crippen LogP contribution in [0.3, 0.4) is 0 Å². The van der Waals surface area contributed by atoms with Crippen LogP contribution in [0.15, 0.2) is 0 Å². The molecule has 3 unspecified atom stereocenters. The normalized spacial score (nSPS) is 37.0. The maximum Gasteiger partial charge on any atom is 0.0469 e. The first kappa shape index (κ1) is 12.9. The van der Waals surface area contributed by atoms with Crippen molar-refractivity contribution in [1.82, 2.24) is 10.2 Å². The van der Waals surface area contributed by atoms with Crippen molar-refractivity contribution in [2.24, 2.45) is 5.92 Å². The molecule has 3 fully saturated rings. The van der Waals surface area contributed by atoms with Gasteiger partial charge >= 0.3 is 0 Å². The van der Waals surface area contributed by atoms with Crippen LogP contribution in [0.2, 0.25) is 0 Å². The first-order valence-electron chi connectivity index (χ1n) is 7.83. The van der Waals surface area contributed by atoms with Gasteiger partial charge in [0.15, 0.2) is 0 Å². The van der Waals surface area contributed by atoms with Gasteiger partial charge < -0.3 is 10.1 Å². The summed E-state index contributed by atoms with van der Waals surface area (Å²) in [6.45, 7) is 7.98. The first-order valence-corrected chi connectivity index (χ1v) is 7.83. The lowest BCUT2D eigenvalue weighted by Gasteiger charge is -2.30. The molecule has 0 spiro atoms. The van der Waals surface area contributed by atoms with Crippen LogP contribution >= 0.6 is 0 Å². The summed E-state index contributed by atoms with van der Waals surface area (Å²) in [4.78, 5) is 2.73. The van der Waals surface area contributed by atoms with Crippen LogP contribution in [0.1, 0.15) is 46.0 Å². The monoisotopic (exact) mass is 252 g/mol. The minimum absolute atomic E-state index is 0.658. The Morgan fingerprint density at radius 2 is 1.89 bits per heavy atom. The molecule has 104 valence electrons. The van der Waals surface area contributed by atoms with Crippen LogP contribution in [0, 0.1) is 5.92 Å². The van der Waals surface area contributed by atoms with Crippen molar-refractivity contribution in [3.63, 3.8) is 0 Å². The van der Waals surface area contributed by atoms with Gasteiger partial charge in [-0.05, 0) is 51.9 Å². The van der Waals surface area contributed by atoms with Crippen LogP contribution in [-0.4, -0.2) is 48.8 Å². The number of hydrogen-bond acceptors (Lipinski definition) is 3. The van der Waals surface area contributed by atoms with Gasteiger partial charge in [0.25, 0.3) is 0 Å². The van der Waals surface area contributed by atoms with E-state index >= 15 is 0 Å². The third kappa shape index (κ3) is 2.89. The van der Waals surface area contributed by atoms with E-state index in [-0.39, 0.29) is 0 Å². The number of ether oxygens (including phenoxy) is 1. The van der Waals surface area contributed by atoms with E-state index in [1.54, 1.807) is 0 Å². The average Bonchev–Trinajstić information content (AvgIpc) is 3.15. The molecule has 3 rings (SSSR count). The molecule has 0 aromatic rings. The number of hydrogen-bond donors (Lipinski definition) is 1. The number of rotatable bonds is 4. The molecule has 3 aliphatic rings. The molecule has 2 heterocycles. The van der Waals surface area contributed by atoms with Gasteiger partial charge in [-0.1, -0.05) is 0 Å². The van der Waals surface area contributed by atoms with Crippen molar-refractivity contribution in [1.29, 1.82) is 0 Å². The van der Waals surface area contributed by atoms with Gasteiger partial charge in [0.2, 0.25) is 0 Å². The highest BCUT2D eigenvalue weighted by Gasteiger charge is 2.39. The zero-order chi connectivity index (χ0) is 12.5. The minimum Gasteiger partial charge on any atom is -0.381 e. The molecule has 2 aliphatic heterocycles. The van der Waals surface area contributed by atoms with Crippen molar-refractivity contribution < 1.29 is 4.74 Å². The second-order valence-corrected chi connectivity index (χ2v) is 6.61. The summed E-state index contributed by atoms with van der Waals surface area (Å²) in [5.74, 6) is 0.823. The van der Waals surface area contributed by atoms with Crippen LogP contribution < -0.4 is 5.32 Å². The van der Waals surface area contributed by atoms with E-state index in [1.165, 1.54) is 38.6 Å². The number of nitrogens with zero attached hydrogens (tertiary/aromatic N) is 1. The predicted octanol–water partition coefficient (Wildman–Crippen LogP) is 2.02. The van der Waals surface area contributed by atoms with Gasteiger partial charge in [-0.3, -0.25) is 4.90 Å². The first-order chi connectivity index (χ1) is 8.74. The van der Waals surface area contributed by atoms with Gasteiger partial charge in [0, 0.05) is 43.9 Å². The molecule has 18 heavy (non-hydrogen) atoms. The molecular weight excluding hydrogens is 224 g/mol. The molecule has 2 saturated heterocycles. The minimum atomic E-state index is 0.658. The van der Waals surface area contributed by atoms with E-state index in [0.717, 1.165) is 37.3 Å². The highest BCUT2D eigenvalue weighted by Crippen LogP contribution is 2.33. The molecule has 0 aromatic heterocycles. The molecule has 1 aliphatic carbocycles. The Morgan fingerprint density at radius 1 is 1.17 bits per heavy atom. The van der Waals surface area contributed by atoms with Crippen LogP contribution in [-0.2, 0) is 4.74 Å². The molecule has 3 nitrogen and oxygen atoms in total. The molecule has 0 amide bonds. The maximum absolute atomic E-state index is 5.46. The average molecular weight is 252 g/mol. The third-order valence-electron chi connectivity index (χ3n) is 5.11. The lowest BCUT2D eigenvalue weighted by atomic mass is 9.92. The Morgan fingerprint density at radius 3 is 2.56 bits per heavy atom. The zero-order valence-electron chi connectivity index (χ0n) is 11.9. The second kappa shape index (κ2) is 5.48. The highest BCUT2D eigenvalue weighted by atomic mass is 16.5. The summed E-state index contributed by atoms with van der Waals surface area (Å²) in [6.07, 6.45) is 6.69. The fourth-order valence-corrected chi connectivity index (χ4v) is 3.82. The second-order valence-electron chi connectivity index (χ2n) is 6.61. The lowest BCUT2D eigenvalue weighted by Crippen LogP contribution is -2.44. The smallest absolute Gasteiger partial charge is 0.0469 e. The van der Waals surface area contributed by atoms with E-state index in [9.17, 15) is 0 Å². The predicted molar refractivity (Wildman–Crippen MR) is 73.7 cm³/mol. The van der Waals surface area contributed by atoms with Crippen molar-refractivity contribution in [2.45, 2.75) is 70.1 Å². The lowest BCUT2D eigenvalue weighted by molar-refractivity contribution is 0.0545. The van der Waals surface area contributed by atoms with Crippen molar-refractivity contribution in [3.05, 3.63) is 0 Å². The van der Waals surface area contributed by atoms with E-state index in [1.807, 2.05) is 0 Å². The molecule has 3 heteroatoms. The van der Waals surface area contributed by atoms with E-state index < -0.39 is 0 Å². The molecule has 3 atom stereocenters. The molecule has 1 N–H and O–H groups in total. The standard InChI is InChI=1S/C15H28N2O/c1-11-9-14(10-17(11)15-3-4-15)16-12(2)13-5-7-18-8-6-13/h11-16H,3-10H2,1-2H3. The number of nitrogens with one attached hydrogen (secondary N) is 1. The Hall–Kier alpha value is -0.120. The summed E-state index contributed by atoms with van der Waals surface area (Å²) in [7, 11) is 0. The van der Waals surface area contributed by atoms with Crippen LogP contribution in [0.4, 0.5) is 0 Å². The fourth-order valence-electron chi connectivity index (χ4n) is 3.82. The van der Waals surface area contributed by atoms with Gasteiger partial charge in [-0.2, -0.15) is 0 Å². The fraction of sp³-hybridized carbons (Fsp3) is 1.00. The summed E-state index contributed by atoms with van der Waals surface area (Å²) in [6, 6.07) is 3.09.